The summed E-state index contributed by atoms with van der Waals surface area (Å²) in [6, 6.07) is 12.5. The van der Waals surface area contributed by atoms with Crippen LogP contribution in [0, 0.1) is 0 Å². The molecule has 2 aromatic carbocycles. The predicted octanol–water partition coefficient (Wildman–Crippen LogP) is 2.11. The number of benzene rings is 2. The topological polar surface area (TPSA) is 135 Å². The number of aryl methyl sites for hydroxylation is 1. The predicted molar refractivity (Wildman–Crippen MR) is 123 cm³/mol. The highest BCUT2D eigenvalue weighted by molar-refractivity contribution is 5.90. The van der Waals surface area contributed by atoms with E-state index < -0.39 is 37.0 Å². The Morgan fingerprint density at radius 1 is 1.03 bits per heavy atom. The number of fused-ring (bicyclic) bond motifs is 3. The van der Waals surface area contributed by atoms with Crippen molar-refractivity contribution in [3.8, 4) is 5.75 Å². The molecule has 1 aliphatic rings. The summed E-state index contributed by atoms with van der Waals surface area (Å²) in [4.78, 5) is 48.1. The smallest absolute Gasteiger partial charge is 0.339 e. The molecule has 1 aromatic heterocycles. The van der Waals surface area contributed by atoms with Crippen molar-refractivity contribution in [1.82, 2.24) is 10.6 Å². The van der Waals surface area contributed by atoms with Crippen molar-refractivity contribution < 1.29 is 28.6 Å². The van der Waals surface area contributed by atoms with E-state index in [2.05, 4.69) is 10.6 Å². The molecule has 9 heteroatoms. The van der Waals surface area contributed by atoms with E-state index in [9.17, 15) is 19.2 Å². The van der Waals surface area contributed by atoms with Gasteiger partial charge in [0.05, 0.1) is 0 Å². The van der Waals surface area contributed by atoms with Crippen LogP contribution < -0.4 is 21.0 Å². The molecule has 4 rings (SSSR count). The lowest BCUT2D eigenvalue weighted by Gasteiger charge is -2.19. The van der Waals surface area contributed by atoms with Crippen molar-refractivity contribution in [2.45, 2.75) is 31.7 Å². The number of aliphatic carboxylic acids is 1. The monoisotopic (exact) mass is 464 g/mol. The van der Waals surface area contributed by atoms with Crippen LogP contribution in [0.3, 0.4) is 0 Å². The fourth-order valence-electron chi connectivity index (χ4n) is 4.08. The first-order chi connectivity index (χ1) is 16.4. The normalized spacial score (nSPS) is 13.5. The summed E-state index contributed by atoms with van der Waals surface area (Å²) in [6.45, 7) is -0.962. The standard InChI is InChI=1S/C25H24N2O7/c28-21(27-23(15-6-2-1-3-7-15)24(31)26-13-22(29)30)14-33-16-10-11-18-17-8-4-5-9-19(17)25(32)34-20(18)12-16/h1-3,6-7,10-12,23H,4-5,8-9,13-14H2,(H,26,31)(H,27,28)(H,29,30). The number of carboxylic acid groups (broad SMARTS) is 1. The van der Waals surface area contributed by atoms with Crippen LogP contribution in [0.2, 0.25) is 0 Å². The minimum atomic E-state index is -1.20. The van der Waals surface area contributed by atoms with Crippen molar-refractivity contribution in [2.24, 2.45) is 0 Å². The van der Waals surface area contributed by atoms with E-state index >= 15 is 0 Å². The number of hydrogen-bond donors (Lipinski definition) is 3. The molecule has 1 unspecified atom stereocenters. The number of nitrogens with one attached hydrogen (secondary N) is 2. The number of ether oxygens (including phenoxy) is 1. The second-order valence-corrected chi connectivity index (χ2v) is 8.02. The first-order valence-electron chi connectivity index (χ1n) is 11.0. The maximum Gasteiger partial charge on any atom is 0.339 e. The zero-order valence-corrected chi connectivity index (χ0v) is 18.3. The van der Waals surface area contributed by atoms with E-state index in [1.165, 1.54) is 0 Å². The van der Waals surface area contributed by atoms with Crippen LogP contribution in [0.1, 0.15) is 35.6 Å². The molecule has 0 saturated carbocycles. The summed E-state index contributed by atoms with van der Waals surface area (Å²) >= 11 is 0. The Morgan fingerprint density at radius 2 is 1.76 bits per heavy atom. The van der Waals surface area contributed by atoms with Gasteiger partial charge in [-0.3, -0.25) is 14.4 Å². The quantitative estimate of drug-likeness (QED) is 0.435. The van der Waals surface area contributed by atoms with Gasteiger partial charge in [-0.25, -0.2) is 4.79 Å². The second-order valence-electron chi connectivity index (χ2n) is 8.02. The van der Waals surface area contributed by atoms with Gasteiger partial charge >= 0.3 is 11.6 Å². The SMILES string of the molecule is O=C(O)CNC(=O)C(NC(=O)COc1ccc2c3c(c(=O)oc2c1)CCCC3)c1ccccc1. The zero-order chi connectivity index (χ0) is 24.1. The summed E-state index contributed by atoms with van der Waals surface area (Å²) in [7, 11) is 0. The van der Waals surface area contributed by atoms with Crippen LogP contribution in [0.4, 0.5) is 0 Å². The first kappa shape index (κ1) is 23.0. The molecule has 0 spiro atoms. The van der Waals surface area contributed by atoms with Crippen LogP contribution in [-0.2, 0) is 27.2 Å². The molecule has 9 nitrogen and oxygen atoms in total. The number of rotatable bonds is 8. The Kier molecular flexibility index (Phi) is 6.91. The molecule has 1 heterocycles. The lowest BCUT2D eigenvalue weighted by atomic mass is 9.91. The molecule has 34 heavy (non-hydrogen) atoms. The van der Waals surface area contributed by atoms with Gasteiger partial charge in [-0.05, 0) is 48.9 Å². The Labute approximate surface area is 194 Å². The number of carboxylic acids is 1. The Morgan fingerprint density at radius 3 is 2.50 bits per heavy atom. The van der Waals surface area contributed by atoms with Gasteiger partial charge in [0.1, 0.15) is 23.9 Å². The van der Waals surface area contributed by atoms with Crippen molar-refractivity contribution in [3.63, 3.8) is 0 Å². The summed E-state index contributed by atoms with van der Waals surface area (Å²) < 4.78 is 11.0. The maximum absolute atomic E-state index is 12.5. The van der Waals surface area contributed by atoms with Gasteiger partial charge in [0, 0.05) is 17.0 Å². The molecule has 3 aromatic rings. The molecule has 1 aliphatic carbocycles. The highest BCUT2D eigenvalue weighted by atomic mass is 16.5. The van der Waals surface area contributed by atoms with Gasteiger partial charge in [0.2, 0.25) is 5.91 Å². The molecule has 3 N–H and O–H groups in total. The molecular weight excluding hydrogens is 440 g/mol. The fraction of sp³-hybridized carbons (Fsp3) is 0.280. The van der Waals surface area contributed by atoms with Gasteiger partial charge in [0.25, 0.3) is 5.91 Å². The van der Waals surface area contributed by atoms with Crippen molar-refractivity contribution in [2.75, 3.05) is 13.2 Å². The van der Waals surface area contributed by atoms with Gasteiger partial charge in [-0.2, -0.15) is 0 Å². The average Bonchev–Trinajstić information content (AvgIpc) is 2.85. The fourth-order valence-corrected chi connectivity index (χ4v) is 4.08. The third-order valence-corrected chi connectivity index (χ3v) is 5.68. The molecule has 0 aliphatic heterocycles. The molecule has 2 amide bonds. The van der Waals surface area contributed by atoms with Gasteiger partial charge in [0.15, 0.2) is 6.61 Å². The molecule has 0 bridgehead atoms. The van der Waals surface area contributed by atoms with Gasteiger partial charge in [-0.15, -0.1) is 0 Å². The van der Waals surface area contributed by atoms with Crippen LogP contribution in [0.15, 0.2) is 57.7 Å². The minimum Gasteiger partial charge on any atom is -0.484 e. The molecule has 1 atom stereocenters. The van der Waals surface area contributed by atoms with E-state index in [1.807, 2.05) is 6.07 Å². The van der Waals surface area contributed by atoms with Crippen molar-refractivity contribution >= 4 is 28.8 Å². The Bertz CT molecular complexity index is 1280. The maximum atomic E-state index is 12.5. The van der Waals surface area contributed by atoms with Gasteiger partial charge in [-0.1, -0.05) is 30.3 Å². The number of carbonyl (C=O) groups excluding carboxylic acids is 2. The average molecular weight is 464 g/mol. The van der Waals surface area contributed by atoms with Crippen LogP contribution in [0.5, 0.6) is 5.75 Å². The second kappa shape index (κ2) is 10.2. The molecule has 0 saturated heterocycles. The first-order valence-corrected chi connectivity index (χ1v) is 11.0. The van der Waals surface area contributed by atoms with E-state index in [4.69, 9.17) is 14.3 Å². The molecule has 0 fully saturated rings. The van der Waals surface area contributed by atoms with Crippen LogP contribution in [-0.4, -0.2) is 36.0 Å². The largest absolute Gasteiger partial charge is 0.484 e. The van der Waals surface area contributed by atoms with Gasteiger partial charge < -0.3 is 24.9 Å². The summed E-state index contributed by atoms with van der Waals surface area (Å²) in [5.74, 6) is -2.09. The summed E-state index contributed by atoms with van der Waals surface area (Å²) in [5, 5.41) is 14.5. The number of amides is 2. The highest BCUT2D eigenvalue weighted by Crippen LogP contribution is 2.29. The minimum absolute atomic E-state index is 0.338. The van der Waals surface area contributed by atoms with Crippen molar-refractivity contribution in [3.05, 3.63) is 75.6 Å². The van der Waals surface area contributed by atoms with E-state index in [-0.39, 0.29) is 5.63 Å². The molecular formula is C25H24N2O7. The number of hydrogen-bond acceptors (Lipinski definition) is 6. The number of carbonyl (C=O) groups is 3. The van der Waals surface area contributed by atoms with E-state index in [0.29, 0.717) is 23.3 Å². The van der Waals surface area contributed by atoms with E-state index in [0.717, 1.165) is 35.8 Å². The third kappa shape index (κ3) is 5.25. The van der Waals surface area contributed by atoms with E-state index in [1.54, 1.807) is 42.5 Å². The summed E-state index contributed by atoms with van der Waals surface area (Å²) in [6.07, 6.45) is 3.53. The van der Waals surface area contributed by atoms with Crippen LogP contribution >= 0.6 is 0 Å². The van der Waals surface area contributed by atoms with Crippen LogP contribution in [0.25, 0.3) is 11.0 Å². The van der Waals surface area contributed by atoms with Crippen molar-refractivity contribution in [1.29, 1.82) is 0 Å². The third-order valence-electron chi connectivity index (χ3n) is 5.68. The zero-order valence-electron chi connectivity index (χ0n) is 18.3. The lowest BCUT2D eigenvalue weighted by molar-refractivity contribution is -0.138. The highest BCUT2D eigenvalue weighted by Gasteiger charge is 2.23. The Balaban J connectivity index is 1.45. The summed E-state index contributed by atoms with van der Waals surface area (Å²) in [5.41, 5.74) is 2.31. The molecule has 176 valence electrons. The lowest BCUT2D eigenvalue weighted by Crippen LogP contribution is -2.43. The Hall–Kier alpha value is -4.14. The molecule has 0 radical (unpaired) electrons.